The van der Waals surface area contributed by atoms with Crippen LogP contribution in [0.3, 0.4) is 0 Å². The van der Waals surface area contributed by atoms with Gasteiger partial charge in [-0.1, -0.05) is 71.9 Å². The van der Waals surface area contributed by atoms with Gasteiger partial charge in [0.1, 0.15) is 0 Å². The van der Waals surface area contributed by atoms with Crippen LogP contribution in [0.4, 0.5) is 0 Å². The molecule has 0 amide bonds. The highest BCUT2D eigenvalue weighted by atomic mass is 32.2. The van der Waals surface area contributed by atoms with Gasteiger partial charge in [-0.25, -0.2) is 4.98 Å². The molecule has 4 heteroatoms. The molecule has 1 aromatic heterocycles. The number of rotatable bonds is 6. The Balaban J connectivity index is 1.76. The van der Waals surface area contributed by atoms with Gasteiger partial charge in [0.05, 0.1) is 12.3 Å². The number of benzene rings is 2. The first-order valence-electron chi connectivity index (χ1n) is 7.64. The van der Waals surface area contributed by atoms with Gasteiger partial charge < -0.3 is 9.67 Å². The second-order valence-corrected chi connectivity index (χ2v) is 6.51. The van der Waals surface area contributed by atoms with Crippen molar-refractivity contribution in [3.63, 3.8) is 0 Å². The summed E-state index contributed by atoms with van der Waals surface area (Å²) in [4.78, 5) is 4.54. The molecular formula is C19H20N2OS. The largest absolute Gasteiger partial charge is 0.390 e. The van der Waals surface area contributed by atoms with Crippen molar-refractivity contribution in [3.8, 4) is 0 Å². The highest BCUT2D eigenvalue weighted by Gasteiger charge is 2.09. The van der Waals surface area contributed by atoms with Crippen LogP contribution in [0.1, 0.15) is 22.4 Å². The molecule has 0 saturated carbocycles. The Morgan fingerprint density at radius 2 is 1.83 bits per heavy atom. The first kappa shape index (κ1) is 15.8. The van der Waals surface area contributed by atoms with Crippen molar-refractivity contribution in [1.29, 1.82) is 0 Å². The maximum absolute atomic E-state index is 9.38. The average Bonchev–Trinajstić information content (AvgIpc) is 2.96. The van der Waals surface area contributed by atoms with Gasteiger partial charge in [0.15, 0.2) is 5.16 Å². The molecule has 0 aliphatic carbocycles. The molecule has 0 unspecified atom stereocenters. The molecule has 0 atom stereocenters. The van der Waals surface area contributed by atoms with Crippen LogP contribution < -0.4 is 0 Å². The summed E-state index contributed by atoms with van der Waals surface area (Å²) in [5.74, 6) is 0.873. The molecule has 3 nitrogen and oxygen atoms in total. The Kier molecular flexibility index (Phi) is 5.16. The number of imidazole rings is 1. The normalized spacial score (nSPS) is 10.9. The molecule has 0 aliphatic heterocycles. The molecule has 23 heavy (non-hydrogen) atoms. The summed E-state index contributed by atoms with van der Waals surface area (Å²) in [5.41, 5.74) is 4.50. The SMILES string of the molecule is Cc1cccc(CSc2nc(CO)cn2Cc2ccccc2)c1. The minimum Gasteiger partial charge on any atom is -0.390 e. The van der Waals surface area contributed by atoms with Crippen molar-refractivity contribution in [2.45, 2.75) is 31.0 Å². The molecule has 2 aromatic carbocycles. The molecule has 0 saturated heterocycles. The Hall–Kier alpha value is -2.04. The zero-order valence-electron chi connectivity index (χ0n) is 13.1. The van der Waals surface area contributed by atoms with Crippen LogP contribution in [-0.4, -0.2) is 14.7 Å². The summed E-state index contributed by atoms with van der Waals surface area (Å²) in [5, 5.41) is 10.3. The Bertz CT molecular complexity index is 768. The molecule has 0 radical (unpaired) electrons. The first-order chi connectivity index (χ1) is 11.2. The van der Waals surface area contributed by atoms with Crippen LogP contribution in [0.5, 0.6) is 0 Å². The van der Waals surface area contributed by atoms with E-state index in [1.807, 2.05) is 24.4 Å². The molecule has 0 spiro atoms. The summed E-state index contributed by atoms with van der Waals surface area (Å²) in [7, 11) is 0. The highest BCUT2D eigenvalue weighted by molar-refractivity contribution is 7.98. The summed E-state index contributed by atoms with van der Waals surface area (Å²) in [6.07, 6.45) is 1.94. The molecule has 1 heterocycles. The van der Waals surface area contributed by atoms with Crippen LogP contribution in [-0.2, 0) is 18.9 Å². The van der Waals surface area contributed by atoms with E-state index in [1.54, 1.807) is 11.8 Å². The third kappa shape index (κ3) is 4.24. The van der Waals surface area contributed by atoms with Crippen LogP contribution in [0.2, 0.25) is 0 Å². The predicted molar refractivity (Wildman–Crippen MR) is 94.4 cm³/mol. The molecule has 1 N–H and O–H groups in total. The Labute approximate surface area is 141 Å². The van der Waals surface area contributed by atoms with Gasteiger partial charge in [0.2, 0.25) is 0 Å². The van der Waals surface area contributed by atoms with Gasteiger partial charge in [-0.05, 0) is 18.1 Å². The van der Waals surface area contributed by atoms with Crippen LogP contribution in [0.25, 0.3) is 0 Å². The summed E-state index contributed by atoms with van der Waals surface area (Å²) in [6, 6.07) is 18.8. The maximum atomic E-state index is 9.38. The number of aliphatic hydroxyl groups is 1. The fourth-order valence-electron chi connectivity index (χ4n) is 2.49. The second-order valence-electron chi connectivity index (χ2n) is 5.56. The average molecular weight is 324 g/mol. The number of nitrogens with zero attached hydrogens (tertiary/aromatic N) is 2. The monoisotopic (exact) mass is 324 g/mol. The topological polar surface area (TPSA) is 38.1 Å². The number of hydrogen-bond acceptors (Lipinski definition) is 3. The maximum Gasteiger partial charge on any atom is 0.168 e. The van der Waals surface area contributed by atoms with E-state index in [0.717, 1.165) is 17.5 Å². The standard InChI is InChI=1S/C19H20N2OS/c1-15-6-5-9-17(10-15)14-23-19-20-18(13-22)12-21(19)11-16-7-3-2-4-8-16/h2-10,12,22H,11,13-14H2,1H3. The van der Waals surface area contributed by atoms with E-state index < -0.39 is 0 Å². The zero-order valence-corrected chi connectivity index (χ0v) is 14.0. The molecular weight excluding hydrogens is 304 g/mol. The number of aromatic nitrogens is 2. The van der Waals surface area contributed by atoms with Gasteiger partial charge >= 0.3 is 0 Å². The lowest BCUT2D eigenvalue weighted by Crippen LogP contribution is -2.00. The molecule has 118 valence electrons. The van der Waals surface area contributed by atoms with Crippen LogP contribution in [0, 0.1) is 6.92 Å². The molecule has 0 bridgehead atoms. The quantitative estimate of drug-likeness (QED) is 0.696. The summed E-state index contributed by atoms with van der Waals surface area (Å²) in [6.45, 7) is 2.85. The molecule has 0 aliphatic rings. The Morgan fingerprint density at radius 1 is 1.04 bits per heavy atom. The predicted octanol–water partition coefficient (Wildman–Crippen LogP) is 4.02. The lowest BCUT2D eigenvalue weighted by atomic mass is 10.2. The van der Waals surface area contributed by atoms with Gasteiger partial charge in [-0.3, -0.25) is 0 Å². The van der Waals surface area contributed by atoms with Gasteiger partial charge in [-0.2, -0.15) is 0 Å². The highest BCUT2D eigenvalue weighted by Crippen LogP contribution is 2.24. The summed E-state index contributed by atoms with van der Waals surface area (Å²) >= 11 is 1.71. The van der Waals surface area contributed by atoms with Gasteiger partial charge in [0, 0.05) is 18.5 Å². The zero-order chi connectivity index (χ0) is 16.1. The van der Waals surface area contributed by atoms with Crippen molar-refractivity contribution in [1.82, 2.24) is 9.55 Å². The van der Waals surface area contributed by atoms with Crippen LogP contribution >= 0.6 is 11.8 Å². The van der Waals surface area contributed by atoms with Crippen molar-refractivity contribution in [3.05, 3.63) is 83.2 Å². The fraction of sp³-hybridized carbons (Fsp3) is 0.211. The smallest absolute Gasteiger partial charge is 0.168 e. The van der Waals surface area contributed by atoms with E-state index >= 15 is 0 Å². The third-order valence-corrected chi connectivity index (χ3v) is 4.66. The number of hydrogen-bond donors (Lipinski definition) is 1. The Morgan fingerprint density at radius 3 is 2.57 bits per heavy atom. The van der Waals surface area contributed by atoms with Crippen molar-refractivity contribution >= 4 is 11.8 Å². The lowest BCUT2D eigenvalue weighted by molar-refractivity contribution is 0.277. The van der Waals surface area contributed by atoms with Crippen molar-refractivity contribution in [2.24, 2.45) is 0 Å². The van der Waals surface area contributed by atoms with Crippen molar-refractivity contribution < 1.29 is 5.11 Å². The number of aliphatic hydroxyl groups excluding tert-OH is 1. The van der Waals surface area contributed by atoms with Crippen LogP contribution in [0.15, 0.2) is 66.0 Å². The molecule has 3 rings (SSSR count). The minimum absolute atomic E-state index is 0.0280. The first-order valence-corrected chi connectivity index (χ1v) is 8.62. The van der Waals surface area contributed by atoms with E-state index in [0.29, 0.717) is 5.69 Å². The van der Waals surface area contributed by atoms with Crippen molar-refractivity contribution in [2.75, 3.05) is 0 Å². The summed E-state index contributed by atoms with van der Waals surface area (Å²) < 4.78 is 2.11. The molecule has 0 fully saturated rings. The van der Waals surface area contributed by atoms with E-state index in [1.165, 1.54) is 16.7 Å². The van der Waals surface area contributed by atoms with E-state index in [2.05, 4.69) is 52.9 Å². The third-order valence-electron chi connectivity index (χ3n) is 3.60. The number of aryl methyl sites for hydroxylation is 1. The van der Waals surface area contributed by atoms with Gasteiger partial charge in [0.25, 0.3) is 0 Å². The lowest BCUT2D eigenvalue weighted by Gasteiger charge is -2.08. The van der Waals surface area contributed by atoms with E-state index in [4.69, 9.17) is 0 Å². The van der Waals surface area contributed by atoms with Gasteiger partial charge in [-0.15, -0.1) is 0 Å². The fourth-order valence-corrected chi connectivity index (χ4v) is 3.43. The minimum atomic E-state index is -0.0280. The van der Waals surface area contributed by atoms with E-state index in [9.17, 15) is 5.11 Å². The number of thioether (sulfide) groups is 1. The molecule has 3 aromatic rings. The van der Waals surface area contributed by atoms with E-state index in [-0.39, 0.29) is 6.61 Å². The second kappa shape index (κ2) is 7.49.